The summed E-state index contributed by atoms with van der Waals surface area (Å²) in [5.74, 6) is -0.328. The van der Waals surface area contributed by atoms with Gasteiger partial charge in [0.2, 0.25) is 0 Å². The largest absolute Gasteiger partial charge is 0.396 e. The lowest BCUT2D eigenvalue weighted by Gasteiger charge is -2.36. The molecule has 0 radical (unpaired) electrons. The van der Waals surface area contributed by atoms with Crippen LogP contribution in [0.2, 0.25) is 0 Å². The van der Waals surface area contributed by atoms with Gasteiger partial charge in [-0.05, 0) is 6.07 Å². The number of halogens is 1. The summed E-state index contributed by atoms with van der Waals surface area (Å²) in [5.41, 5.74) is 6.38. The number of urea groups is 1. The number of carbonyl (C=O) groups excluding carboxylic acids is 1. The first-order chi connectivity index (χ1) is 9.15. The maximum absolute atomic E-state index is 13.9. The van der Waals surface area contributed by atoms with E-state index in [1.165, 1.54) is 0 Å². The number of fused-ring (bicyclic) bond motifs is 1. The Morgan fingerprint density at radius 3 is 3.11 bits per heavy atom. The summed E-state index contributed by atoms with van der Waals surface area (Å²) in [6, 6.07) is 5.31. The summed E-state index contributed by atoms with van der Waals surface area (Å²) >= 11 is 0. The lowest BCUT2D eigenvalue weighted by molar-refractivity contribution is 0.116. The Labute approximate surface area is 111 Å². The Bertz CT molecular complexity index is 507. The zero-order valence-electron chi connectivity index (χ0n) is 10.6. The molecule has 0 aliphatic carbocycles. The molecule has 102 valence electrons. The number of benzene rings is 1. The molecule has 0 aromatic heterocycles. The van der Waals surface area contributed by atoms with Gasteiger partial charge >= 0.3 is 6.03 Å². The molecule has 6 heteroatoms. The molecule has 2 aliphatic heterocycles. The first-order valence-corrected chi connectivity index (χ1v) is 6.45. The molecular weight excluding hydrogens is 247 g/mol. The van der Waals surface area contributed by atoms with Gasteiger partial charge in [-0.1, -0.05) is 12.1 Å². The molecule has 2 amide bonds. The van der Waals surface area contributed by atoms with Crippen LogP contribution in [0.5, 0.6) is 0 Å². The minimum absolute atomic E-state index is 0.0137. The van der Waals surface area contributed by atoms with E-state index in [-0.39, 0.29) is 23.6 Å². The maximum Gasteiger partial charge on any atom is 0.317 e. The summed E-state index contributed by atoms with van der Waals surface area (Å²) in [7, 11) is 0. The van der Waals surface area contributed by atoms with Gasteiger partial charge in [0.15, 0.2) is 5.82 Å². The second kappa shape index (κ2) is 4.70. The number of anilines is 1. The average molecular weight is 264 g/mol. The highest BCUT2D eigenvalue weighted by Gasteiger charge is 2.35. The molecule has 2 heterocycles. The Morgan fingerprint density at radius 2 is 2.26 bits per heavy atom. The van der Waals surface area contributed by atoms with E-state index >= 15 is 0 Å². The number of carbonyl (C=O) groups is 1. The molecule has 0 saturated carbocycles. The highest BCUT2D eigenvalue weighted by Crippen LogP contribution is 2.20. The van der Waals surface area contributed by atoms with Crippen molar-refractivity contribution < 1.29 is 9.18 Å². The van der Waals surface area contributed by atoms with Crippen molar-refractivity contribution in [2.45, 2.75) is 12.6 Å². The molecule has 2 saturated heterocycles. The zero-order valence-corrected chi connectivity index (χ0v) is 10.6. The molecule has 19 heavy (non-hydrogen) atoms. The fourth-order valence-corrected chi connectivity index (χ4v) is 2.77. The Hall–Kier alpha value is -1.82. The number of hydrogen-bond donors (Lipinski definition) is 2. The van der Waals surface area contributed by atoms with E-state index in [2.05, 4.69) is 10.2 Å². The van der Waals surface area contributed by atoms with Gasteiger partial charge in [-0.2, -0.15) is 0 Å². The van der Waals surface area contributed by atoms with Crippen LogP contribution in [0, 0.1) is 5.82 Å². The number of amides is 2. The van der Waals surface area contributed by atoms with E-state index in [0.29, 0.717) is 25.2 Å². The maximum atomic E-state index is 13.9. The van der Waals surface area contributed by atoms with Crippen molar-refractivity contribution in [2.24, 2.45) is 0 Å². The van der Waals surface area contributed by atoms with Gasteiger partial charge in [0, 0.05) is 38.3 Å². The summed E-state index contributed by atoms with van der Waals surface area (Å²) in [4.78, 5) is 15.5. The van der Waals surface area contributed by atoms with E-state index in [1.54, 1.807) is 18.2 Å². The minimum atomic E-state index is -0.328. The van der Waals surface area contributed by atoms with Crippen molar-refractivity contribution in [3.8, 4) is 0 Å². The average Bonchev–Trinajstić information content (AvgIpc) is 2.76. The number of piperazine rings is 1. The zero-order chi connectivity index (χ0) is 13.4. The predicted octanol–water partition coefficient (Wildman–Crippen LogP) is 0.617. The lowest BCUT2D eigenvalue weighted by atomic mass is 10.1. The molecular formula is C13H17FN4O. The van der Waals surface area contributed by atoms with Crippen LogP contribution in [0.3, 0.4) is 0 Å². The van der Waals surface area contributed by atoms with Gasteiger partial charge in [-0.15, -0.1) is 0 Å². The van der Waals surface area contributed by atoms with Crippen molar-refractivity contribution in [1.29, 1.82) is 0 Å². The summed E-state index contributed by atoms with van der Waals surface area (Å²) in [6.45, 7) is 3.44. The summed E-state index contributed by atoms with van der Waals surface area (Å²) in [5, 5.41) is 2.83. The van der Waals surface area contributed by atoms with Crippen LogP contribution in [0.1, 0.15) is 5.56 Å². The smallest absolute Gasteiger partial charge is 0.317 e. The second-order valence-electron chi connectivity index (χ2n) is 5.09. The van der Waals surface area contributed by atoms with Gasteiger partial charge in [0.05, 0.1) is 11.7 Å². The summed E-state index contributed by atoms with van der Waals surface area (Å²) < 4.78 is 13.9. The van der Waals surface area contributed by atoms with Crippen molar-refractivity contribution in [2.75, 3.05) is 31.9 Å². The molecule has 1 aromatic carbocycles. The molecule has 2 aliphatic rings. The number of nitrogens with zero attached hydrogens (tertiary/aromatic N) is 2. The van der Waals surface area contributed by atoms with Crippen molar-refractivity contribution in [3.05, 3.63) is 29.6 Å². The van der Waals surface area contributed by atoms with Gasteiger partial charge in [-0.3, -0.25) is 4.90 Å². The van der Waals surface area contributed by atoms with Crippen LogP contribution in [-0.4, -0.2) is 48.1 Å². The molecule has 3 N–H and O–H groups in total. The van der Waals surface area contributed by atoms with Gasteiger partial charge in [-0.25, -0.2) is 9.18 Å². The first kappa shape index (κ1) is 12.2. The Morgan fingerprint density at radius 1 is 1.42 bits per heavy atom. The Kier molecular flexibility index (Phi) is 3.02. The van der Waals surface area contributed by atoms with Crippen LogP contribution in [0.25, 0.3) is 0 Å². The topological polar surface area (TPSA) is 61.6 Å². The number of hydrogen-bond acceptors (Lipinski definition) is 3. The van der Waals surface area contributed by atoms with E-state index in [4.69, 9.17) is 5.73 Å². The standard InChI is InChI=1S/C13H17FN4O/c14-12-9(2-1-3-11(12)15)7-17-4-5-18-10(8-17)6-16-13(18)19/h1-3,10H,4-8,15H2,(H,16,19). The van der Waals surface area contributed by atoms with Crippen molar-refractivity contribution in [3.63, 3.8) is 0 Å². The molecule has 0 bridgehead atoms. The van der Waals surface area contributed by atoms with E-state index < -0.39 is 0 Å². The highest BCUT2D eigenvalue weighted by atomic mass is 19.1. The second-order valence-corrected chi connectivity index (χ2v) is 5.09. The van der Waals surface area contributed by atoms with Crippen LogP contribution in [0.15, 0.2) is 18.2 Å². The van der Waals surface area contributed by atoms with E-state index in [1.807, 2.05) is 4.90 Å². The third-order valence-corrected chi connectivity index (χ3v) is 3.82. The molecule has 5 nitrogen and oxygen atoms in total. The lowest BCUT2D eigenvalue weighted by Crippen LogP contribution is -2.51. The third-order valence-electron chi connectivity index (χ3n) is 3.82. The minimum Gasteiger partial charge on any atom is -0.396 e. The highest BCUT2D eigenvalue weighted by molar-refractivity contribution is 5.77. The third kappa shape index (κ3) is 2.23. The molecule has 3 rings (SSSR count). The van der Waals surface area contributed by atoms with Crippen molar-refractivity contribution >= 4 is 11.7 Å². The van der Waals surface area contributed by atoms with Gasteiger partial charge < -0.3 is 16.0 Å². The van der Waals surface area contributed by atoms with E-state index in [9.17, 15) is 9.18 Å². The fourth-order valence-electron chi connectivity index (χ4n) is 2.77. The van der Waals surface area contributed by atoms with Crippen LogP contribution >= 0.6 is 0 Å². The van der Waals surface area contributed by atoms with Crippen LogP contribution in [-0.2, 0) is 6.54 Å². The fraction of sp³-hybridized carbons (Fsp3) is 0.462. The monoisotopic (exact) mass is 264 g/mol. The van der Waals surface area contributed by atoms with Gasteiger partial charge in [0.25, 0.3) is 0 Å². The quantitative estimate of drug-likeness (QED) is 0.770. The summed E-state index contributed by atoms with van der Waals surface area (Å²) in [6.07, 6.45) is 0. The normalized spacial score (nSPS) is 23.3. The van der Waals surface area contributed by atoms with Crippen LogP contribution in [0.4, 0.5) is 14.9 Å². The molecule has 2 fully saturated rings. The Balaban J connectivity index is 1.68. The van der Waals surface area contributed by atoms with Crippen molar-refractivity contribution in [1.82, 2.24) is 15.1 Å². The molecule has 0 spiro atoms. The van der Waals surface area contributed by atoms with E-state index in [0.717, 1.165) is 13.1 Å². The molecule has 1 atom stereocenters. The number of nitrogen functional groups attached to an aromatic ring is 1. The number of nitrogens with one attached hydrogen (secondary N) is 1. The predicted molar refractivity (Wildman–Crippen MR) is 70.0 cm³/mol. The SMILES string of the molecule is Nc1cccc(CN2CCN3C(=O)NCC3C2)c1F. The number of nitrogens with two attached hydrogens (primary N) is 1. The molecule has 1 unspecified atom stereocenters. The number of rotatable bonds is 2. The van der Waals surface area contributed by atoms with Gasteiger partial charge in [0.1, 0.15) is 0 Å². The molecule has 1 aromatic rings. The first-order valence-electron chi connectivity index (χ1n) is 6.45. The van der Waals surface area contributed by atoms with Crippen LogP contribution < -0.4 is 11.1 Å².